The first-order valence-corrected chi connectivity index (χ1v) is 6.22. The number of carboxylic acid groups (broad SMARTS) is 1. The molecule has 0 spiro atoms. The van der Waals surface area contributed by atoms with Crippen molar-refractivity contribution in [3.8, 4) is 5.75 Å². The summed E-state index contributed by atoms with van der Waals surface area (Å²) in [5, 5.41) is 21.1. The number of aliphatic hydroxyl groups excluding tert-OH is 1. The molecule has 1 aromatic rings. The summed E-state index contributed by atoms with van der Waals surface area (Å²) in [6.45, 7) is 3.30. The number of rotatable bonds is 6. The maximum atomic E-state index is 11.9. The van der Waals surface area contributed by atoms with Crippen molar-refractivity contribution in [2.75, 3.05) is 7.11 Å². The van der Waals surface area contributed by atoms with Crippen molar-refractivity contribution in [2.45, 2.75) is 26.0 Å². The fourth-order valence-corrected chi connectivity index (χ4v) is 1.79. The molecule has 0 heterocycles. The zero-order valence-electron chi connectivity index (χ0n) is 11.7. The number of amides is 1. The number of hydrogen-bond acceptors (Lipinski definition) is 4. The molecular weight excluding hydrogens is 262 g/mol. The van der Waals surface area contributed by atoms with Crippen molar-refractivity contribution in [2.24, 2.45) is 5.92 Å². The number of Topliss-reactive ketones (excluding diaryl/α,β-unsaturated/α-hetero) is 1. The summed E-state index contributed by atoms with van der Waals surface area (Å²) < 4.78 is 5.01. The van der Waals surface area contributed by atoms with E-state index in [4.69, 9.17) is 9.84 Å². The van der Waals surface area contributed by atoms with Gasteiger partial charge in [-0.25, -0.2) is 4.79 Å². The summed E-state index contributed by atoms with van der Waals surface area (Å²) in [5.41, 5.74) is 0.495. The minimum Gasteiger partial charge on any atom is -0.497 e. The Kier molecular flexibility index (Phi) is 5.52. The van der Waals surface area contributed by atoms with Gasteiger partial charge in [0.15, 0.2) is 5.78 Å². The van der Waals surface area contributed by atoms with E-state index in [2.05, 4.69) is 5.32 Å². The molecule has 0 aliphatic rings. The second-order valence-corrected chi connectivity index (χ2v) is 4.70. The fraction of sp³-hybridized carbons (Fsp3) is 0.429. The van der Waals surface area contributed by atoms with Crippen LogP contribution in [-0.2, 0) is 4.79 Å². The quantitative estimate of drug-likeness (QED) is 0.736. The highest BCUT2D eigenvalue weighted by atomic mass is 16.5. The average Bonchev–Trinajstić information content (AvgIpc) is 2.43. The molecule has 0 aliphatic heterocycles. The molecule has 6 nitrogen and oxygen atoms in total. The predicted octanol–water partition coefficient (Wildman–Crippen LogP) is 1.59. The molecule has 2 atom stereocenters. The lowest BCUT2D eigenvalue weighted by Gasteiger charge is -2.23. The Labute approximate surface area is 117 Å². The van der Waals surface area contributed by atoms with Crippen LogP contribution in [0.25, 0.3) is 0 Å². The van der Waals surface area contributed by atoms with Gasteiger partial charge in [-0.15, -0.1) is 0 Å². The highest BCUT2D eigenvalue weighted by Crippen LogP contribution is 2.22. The zero-order valence-corrected chi connectivity index (χ0v) is 11.7. The van der Waals surface area contributed by atoms with Crippen molar-refractivity contribution < 1.29 is 24.5 Å². The largest absolute Gasteiger partial charge is 0.497 e. The Morgan fingerprint density at radius 2 is 1.75 bits per heavy atom. The Bertz CT molecular complexity index is 469. The smallest absolute Gasteiger partial charge is 0.405 e. The minimum absolute atomic E-state index is 0.388. The second kappa shape index (κ2) is 6.91. The first-order valence-electron chi connectivity index (χ1n) is 6.22. The first-order chi connectivity index (χ1) is 9.36. The molecule has 0 bridgehead atoms. The van der Waals surface area contributed by atoms with Crippen molar-refractivity contribution in [3.63, 3.8) is 0 Å². The molecule has 0 saturated heterocycles. The van der Waals surface area contributed by atoms with Crippen molar-refractivity contribution >= 4 is 11.9 Å². The molecule has 1 aromatic carbocycles. The van der Waals surface area contributed by atoms with Crippen LogP contribution >= 0.6 is 0 Å². The van der Waals surface area contributed by atoms with Crippen LogP contribution in [0.5, 0.6) is 5.75 Å². The lowest BCUT2D eigenvalue weighted by atomic mass is 9.93. The number of methoxy groups -OCH3 is 1. The Morgan fingerprint density at radius 1 is 1.20 bits per heavy atom. The van der Waals surface area contributed by atoms with Gasteiger partial charge in [0.05, 0.1) is 13.2 Å². The summed E-state index contributed by atoms with van der Waals surface area (Å²) in [4.78, 5) is 22.7. The van der Waals surface area contributed by atoms with Crippen LogP contribution in [0.1, 0.15) is 25.5 Å². The van der Waals surface area contributed by atoms with Gasteiger partial charge in [-0.2, -0.15) is 0 Å². The maximum absolute atomic E-state index is 11.9. The summed E-state index contributed by atoms with van der Waals surface area (Å²) in [7, 11) is 1.51. The van der Waals surface area contributed by atoms with Crippen LogP contribution in [0, 0.1) is 5.92 Å². The van der Waals surface area contributed by atoms with Crippen LogP contribution in [0.15, 0.2) is 24.3 Å². The van der Waals surface area contributed by atoms with Gasteiger partial charge in [-0.1, -0.05) is 26.0 Å². The number of ether oxygens (including phenoxy) is 1. The van der Waals surface area contributed by atoms with Gasteiger partial charge in [0.1, 0.15) is 11.9 Å². The van der Waals surface area contributed by atoms with E-state index in [9.17, 15) is 14.7 Å². The monoisotopic (exact) mass is 281 g/mol. The molecule has 0 aliphatic carbocycles. The van der Waals surface area contributed by atoms with Crippen molar-refractivity contribution in [3.05, 3.63) is 29.8 Å². The van der Waals surface area contributed by atoms with Crippen LogP contribution < -0.4 is 10.1 Å². The summed E-state index contributed by atoms with van der Waals surface area (Å²) in [6.07, 6.45) is -2.74. The Balaban J connectivity index is 3.04. The van der Waals surface area contributed by atoms with Gasteiger partial charge in [-0.3, -0.25) is 4.79 Å². The van der Waals surface area contributed by atoms with E-state index in [1.54, 1.807) is 38.1 Å². The number of aliphatic hydroxyl groups is 1. The second-order valence-electron chi connectivity index (χ2n) is 4.70. The summed E-state index contributed by atoms with van der Waals surface area (Å²) in [5.74, 6) is -0.201. The van der Waals surface area contributed by atoms with E-state index in [-0.39, 0.29) is 5.92 Å². The topological polar surface area (TPSA) is 95.9 Å². The summed E-state index contributed by atoms with van der Waals surface area (Å²) in [6, 6.07) is 5.48. The number of hydrogen-bond donors (Lipinski definition) is 3. The zero-order chi connectivity index (χ0) is 15.3. The molecule has 20 heavy (non-hydrogen) atoms. The number of ketones is 1. The third kappa shape index (κ3) is 3.96. The van der Waals surface area contributed by atoms with E-state index in [0.717, 1.165) is 0 Å². The van der Waals surface area contributed by atoms with Gasteiger partial charge in [-0.05, 0) is 17.7 Å². The molecule has 6 heteroatoms. The minimum atomic E-state index is -1.43. The first kappa shape index (κ1) is 16.0. The normalized spacial score (nSPS) is 13.7. The van der Waals surface area contributed by atoms with E-state index in [0.29, 0.717) is 11.3 Å². The van der Waals surface area contributed by atoms with Gasteiger partial charge < -0.3 is 20.3 Å². The van der Waals surface area contributed by atoms with Crippen LogP contribution in [0.4, 0.5) is 4.79 Å². The number of benzene rings is 1. The number of carbonyl (C=O) groups excluding carboxylic acids is 1. The molecule has 1 unspecified atom stereocenters. The highest BCUT2D eigenvalue weighted by Gasteiger charge is 2.30. The standard InChI is InChI=1S/C14H19NO5/c1-8(2)12(16)13(17)11(15-14(18)19)9-4-6-10(20-3)7-5-9/h4-8,11,13,15,17H,1-3H3,(H,18,19)/t11-,13?/m0/s1. The van der Waals surface area contributed by atoms with Crippen LogP contribution in [0.3, 0.4) is 0 Å². The molecule has 1 amide bonds. The van der Waals surface area contributed by atoms with Gasteiger partial charge >= 0.3 is 6.09 Å². The molecule has 0 aromatic heterocycles. The van der Waals surface area contributed by atoms with E-state index in [1.807, 2.05) is 0 Å². The van der Waals surface area contributed by atoms with E-state index in [1.165, 1.54) is 7.11 Å². The van der Waals surface area contributed by atoms with Crippen molar-refractivity contribution in [1.82, 2.24) is 5.32 Å². The molecule has 0 saturated carbocycles. The summed E-state index contributed by atoms with van der Waals surface area (Å²) >= 11 is 0. The predicted molar refractivity (Wildman–Crippen MR) is 72.7 cm³/mol. The van der Waals surface area contributed by atoms with Crippen molar-refractivity contribution in [1.29, 1.82) is 0 Å². The Morgan fingerprint density at radius 3 is 2.15 bits per heavy atom. The molecule has 1 rings (SSSR count). The van der Waals surface area contributed by atoms with Crippen LogP contribution in [-0.4, -0.2) is 35.3 Å². The molecule has 0 radical (unpaired) electrons. The lowest BCUT2D eigenvalue weighted by molar-refractivity contribution is -0.131. The lowest BCUT2D eigenvalue weighted by Crippen LogP contribution is -2.41. The Hall–Kier alpha value is -2.08. The molecule has 110 valence electrons. The molecule has 3 N–H and O–H groups in total. The SMILES string of the molecule is COc1ccc([C@H](NC(=O)O)C(O)C(=O)C(C)C)cc1. The third-order valence-corrected chi connectivity index (χ3v) is 2.93. The molecular formula is C14H19NO5. The maximum Gasteiger partial charge on any atom is 0.405 e. The highest BCUT2D eigenvalue weighted by molar-refractivity contribution is 5.86. The fourth-order valence-electron chi connectivity index (χ4n) is 1.79. The van der Waals surface area contributed by atoms with Gasteiger partial charge in [0.25, 0.3) is 0 Å². The van der Waals surface area contributed by atoms with E-state index >= 15 is 0 Å². The average molecular weight is 281 g/mol. The van der Waals surface area contributed by atoms with Gasteiger partial charge in [0.2, 0.25) is 0 Å². The van der Waals surface area contributed by atoms with E-state index < -0.39 is 24.0 Å². The van der Waals surface area contributed by atoms with Gasteiger partial charge in [0, 0.05) is 5.92 Å². The van der Waals surface area contributed by atoms with Crippen LogP contribution in [0.2, 0.25) is 0 Å². The number of carbonyl (C=O) groups is 2. The number of nitrogens with one attached hydrogen (secondary N) is 1. The molecule has 0 fully saturated rings. The third-order valence-electron chi connectivity index (χ3n) is 2.93.